The van der Waals surface area contributed by atoms with Crippen LogP contribution in [0, 0.1) is 3.57 Å². The molecule has 0 amide bonds. The lowest BCUT2D eigenvalue weighted by Crippen LogP contribution is -1.75. The van der Waals surface area contributed by atoms with E-state index < -0.39 is 0 Å². The highest BCUT2D eigenvalue weighted by Gasteiger charge is 1.96. The highest BCUT2D eigenvalue weighted by molar-refractivity contribution is 14.1. The minimum atomic E-state index is 1.16. The number of benzene rings is 2. The van der Waals surface area contributed by atoms with Crippen LogP contribution < -0.4 is 0 Å². The number of halogens is 2. The van der Waals surface area contributed by atoms with Crippen LogP contribution in [0.15, 0.2) is 40.9 Å². The first-order valence-corrected chi connectivity index (χ1v) is 5.48. The van der Waals surface area contributed by atoms with Gasteiger partial charge in [-0.1, -0.05) is 34.1 Å². The molecular formula is C10H6BrI. The Balaban J connectivity index is 2.86. The maximum Gasteiger partial charge on any atom is 0.0253 e. The topological polar surface area (TPSA) is 0 Å². The highest BCUT2D eigenvalue weighted by atomic mass is 127. The quantitative estimate of drug-likeness (QED) is 0.634. The van der Waals surface area contributed by atoms with Gasteiger partial charge in [0.2, 0.25) is 0 Å². The van der Waals surface area contributed by atoms with Gasteiger partial charge in [-0.2, -0.15) is 0 Å². The van der Waals surface area contributed by atoms with Gasteiger partial charge in [0.1, 0.15) is 0 Å². The van der Waals surface area contributed by atoms with Crippen molar-refractivity contribution in [2.24, 2.45) is 0 Å². The molecule has 0 spiro atoms. The number of hydrogen-bond donors (Lipinski definition) is 0. The van der Waals surface area contributed by atoms with Crippen molar-refractivity contribution in [1.29, 1.82) is 0 Å². The fourth-order valence-corrected chi connectivity index (χ4v) is 2.24. The van der Waals surface area contributed by atoms with Crippen LogP contribution in [-0.2, 0) is 0 Å². The second-order valence-electron chi connectivity index (χ2n) is 2.61. The molecule has 0 nitrogen and oxygen atoms in total. The van der Waals surface area contributed by atoms with Crippen molar-refractivity contribution in [3.05, 3.63) is 44.4 Å². The second-order valence-corrected chi connectivity index (χ2v) is 4.71. The summed E-state index contributed by atoms with van der Waals surface area (Å²) in [6.45, 7) is 0. The summed E-state index contributed by atoms with van der Waals surface area (Å²) < 4.78 is 2.44. The van der Waals surface area contributed by atoms with E-state index in [4.69, 9.17) is 0 Å². The molecule has 2 heteroatoms. The van der Waals surface area contributed by atoms with Gasteiger partial charge in [0, 0.05) is 8.04 Å². The van der Waals surface area contributed by atoms with E-state index in [9.17, 15) is 0 Å². The van der Waals surface area contributed by atoms with Crippen molar-refractivity contribution in [1.82, 2.24) is 0 Å². The monoisotopic (exact) mass is 332 g/mol. The molecule has 0 fully saturated rings. The normalized spacial score (nSPS) is 10.5. The Kier molecular flexibility index (Phi) is 2.37. The molecule has 0 saturated heterocycles. The molecule has 2 rings (SSSR count). The maximum atomic E-state index is 3.52. The Labute approximate surface area is 93.2 Å². The molecule has 12 heavy (non-hydrogen) atoms. The fourth-order valence-electron chi connectivity index (χ4n) is 1.22. The molecule has 0 aliphatic rings. The molecule has 60 valence electrons. The molecular weight excluding hydrogens is 327 g/mol. The molecule has 0 unspecified atom stereocenters. The van der Waals surface area contributed by atoms with Crippen molar-refractivity contribution in [2.75, 3.05) is 0 Å². The van der Waals surface area contributed by atoms with Crippen molar-refractivity contribution in [2.45, 2.75) is 0 Å². The van der Waals surface area contributed by atoms with Gasteiger partial charge in [-0.25, -0.2) is 0 Å². The van der Waals surface area contributed by atoms with Gasteiger partial charge in [0.05, 0.1) is 0 Å². The van der Waals surface area contributed by atoms with Crippen LogP contribution in [-0.4, -0.2) is 0 Å². The predicted molar refractivity (Wildman–Crippen MR) is 64.4 cm³/mol. The van der Waals surface area contributed by atoms with E-state index in [0.29, 0.717) is 0 Å². The predicted octanol–water partition coefficient (Wildman–Crippen LogP) is 4.21. The lowest BCUT2D eigenvalue weighted by Gasteiger charge is -1.99. The largest absolute Gasteiger partial charge is 0.0605 e. The smallest absolute Gasteiger partial charge is 0.0253 e. The van der Waals surface area contributed by atoms with Crippen LogP contribution in [0.5, 0.6) is 0 Å². The Hall–Kier alpha value is -0.0900. The molecule has 2 aromatic rings. The van der Waals surface area contributed by atoms with E-state index in [2.05, 4.69) is 74.9 Å². The van der Waals surface area contributed by atoms with Crippen molar-refractivity contribution in [3.8, 4) is 0 Å². The average Bonchev–Trinajstić information content (AvgIpc) is 2.04. The molecule has 0 heterocycles. The fraction of sp³-hybridized carbons (Fsp3) is 0. The molecule has 0 N–H and O–H groups in total. The lowest BCUT2D eigenvalue weighted by molar-refractivity contribution is 1.67. The van der Waals surface area contributed by atoms with E-state index >= 15 is 0 Å². The van der Waals surface area contributed by atoms with Crippen LogP contribution in [0.25, 0.3) is 10.8 Å². The van der Waals surface area contributed by atoms with Gasteiger partial charge in [-0.05, 0) is 51.6 Å². The van der Waals surface area contributed by atoms with Crippen LogP contribution in [0.3, 0.4) is 0 Å². The molecule has 0 bridgehead atoms. The molecule has 0 aromatic heterocycles. The van der Waals surface area contributed by atoms with Gasteiger partial charge in [-0.3, -0.25) is 0 Å². The van der Waals surface area contributed by atoms with E-state index in [1.165, 1.54) is 14.3 Å². The van der Waals surface area contributed by atoms with E-state index in [1.54, 1.807) is 0 Å². The SMILES string of the molecule is Brc1cccc2cc(I)ccc12. The number of fused-ring (bicyclic) bond motifs is 1. The third kappa shape index (κ3) is 1.50. The van der Waals surface area contributed by atoms with E-state index in [-0.39, 0.29) is 0 Å². The standard InChI is InChI=1S/C10H6BrI/c11-10-3-1-2-7-6-8(12)4-5-9(7)10/h1-6H. The first-order valence-electron chi connectivity index (χ1n) is 3.61. The zero-order chi connectivity index (χ0) is 8.55. The summed E-state index contributed by atoms with van der Waals surface area (Å²) in [5, 5.41) is 2.56. The Morgan fingerprint density at radius 1 is 1.08 bits per heavy atom. The molecule has 0 atom stereocenters. The summed E-state index contributed by atoms with van der Waals surface area (Å²) in [4.78, 5) is 0. The number of hydrogen-bond acceptors (Lipinski definition) is 0. The van der Waals surface area contributed by atoms with Gasteiger partial charge in [-0.15, -0.1) is 0 Å². The summed E-state index contributed by atoms with van der Waals surface area (Å²) in [7, 11) is 0. The van der Waals surface area contributed by atoms with Crippen molar-refractivity contribution in [3.63, 3.8) is 0 Å². The third-order valence-corrected chi connectivity index (χ3v) is 3.15. The lowest BCUT2D eigenvalue weighted by atomic mass is 10.1. The van der Waals surface area contributed by atoms with E-state index in [0.717, 1.165) is 4.47 Å². The Morgan fingerprint density at radius 3 is 2.75 bits per heavy atom. The summed E-state index contributed by atoms with van der Waals surface area (Å²) in [5.74, 6) is 0. The molecule has 0 aliphatic carbocycles. The van der Waals surface area contributed by atoms with Crippen LogP contribution in [0.1, 0.15) is 0 Å². The van der Waals surface area contributed by atoms with Crippen molar-refractivity contribution < 1.29 is 0 Å². The average molecular weight is 333 g/mol. The van der Waals surface area contributed by atoms with Crippen molar-refractivity contribution >= 4 is 49.3 Å². The molecule has 0 saturated carbocycles. The van der Waals surface area contributed by atoms with Gasteiger partial charge in [0.25, 0.3) is 0 Å². The zero-order valence-corrected chi connectivity index (χ0v) is 9.96. The molecule has 0 radical (unpaired) electrons. The first-order chi connectivity index (χ1) is 5.77. The van der Waals surface area contributed by atoms with Gasteiger partial charge in [0.15, 0.2) is 0 Å². The van der Waals surface area contributed by atoms with Gasteiger partial charge >= 0.3 is 0 Å². The Morgan fingerprint density at radius 2 is 1.92 bits per heavy atom. The summed E-state index contributed by atoms with van der Waals surface area (Å²) >= 11 is 5.84. The summed E-state index contributed by atoms with van der Waals surface area (Å²) in [5.41, 5.74) is 0. The first kappa shape index (κ1) is 8.51. The van der Waals surface area contributed by atoms with Crippen LogP contribution in [0.2, 0.25) is 0 Å². The van der Waals surface area contributed by atoms with Gasteiger partial charge < -0.3 is 0 Å². The van der Waals surface area contributed by atoms with Crippen LogP contribution >= 0.6 is 38.5 Å². The number of rotatable bonds is 0. The Bertz CT molecular complexity index is 423. The highest BCUT2D eigenvalue weighted by Crippen LogP contribution is 2.24. The summed E-state index contributed by atoms with van der Waals surface area (Å²) in [6.07, 6.45) is 0. The summed E-state index contributed by atoms with van der Waals surface area (Å²) in [6, 6.07) is 12.7. The second kappa shape index (κ2) is 3.34. The molecule has 0 aliphatic heterocycles. The molecule has 2 aromatic carbocycles. The minimum Gasteiger partial charge on any atom is -0.0605 e. The third-order valence-electron chi connectivity index (χ3n) is 1.79. The maximum absolute atomic E-state index is 3.52. The van der Waals surface area contributed by atoms with Crippen LogP contribution in [0.4, 0.5) is 0 Å². The van der Waals surface area contributed by atoms with E-state index in [1.807, 2.05) is 0 Å². The minimum absolute atomic E-state index is 1.16. The zero-order valence-electron chi connectivity index (χ0n) is 6.22.